The van der Waals surface area contributed by atoms with Gasteiger partial charge in [-0.1, -0.05) is 0 Å². The number of hydrogen-bond donors (Lipinski definition) is 2. The van der Waals surface area contributed by atoms with E-state index in [1.165, 1.54) is 0 Å². The third-order valence-electron chi connectivity index (χ3n) is 2.55. The van der Waals surface area contributed by atoms with E-state index in [1.54, 1.807) is 18.9 Å². The van der Waals surface area contributed by atoms with Gasteiger partial charge in [0.15, 0.2) is 0 Å². The fraction of sp³-hybridized carbons (Fsp3) is 0.417. The van der Waals surface area contributed by atoms with E-state index >= 15 is 0 Å². The SMILES string of the molecule is COCCNc1ccc2c(c1)NC(=O)C(C)S2. The summed E-state index contributed by atoms with van der Waals surface area (Å²) in [5.41, 5.74) is 1.89. The molecule has 1 unspecified atom stereocenters. The average molecular weight is 252 g/mol. The van der Waals surface area contributed by atoms with Crippen LogP contribution in [0.25, 0.3) is 0 Å². The van der Waals surface area contributed by atoms with E-state index in [2.05, 4.69) is 10.6 Å². The molecule has 0 saturated carbocycles. The highest BCUT2D eigenvalue weighted by Gasteiger charge is 2.22. The minimum atomic E-state index is -0.0187. The van der Waals surface area contributed by atoms with Crippen LogP contribution < -0.4 is 10.6 Å². The third-order valence-corrected chi connectivity index (χ3v) is 3.72. The van der Waals surface area contributed by atoms with Crippen molar-refractivity contribution in [2.75, 3.05) is 30.9 Å². The molecule has 1 atom stereocenters. The van der Waals surface area contributed by atoms with Gasteiger partial charge in [0.1, 0.15) is 0 Å². The second-order valence-corrected chi connectivity index (χ2v) is 5.26. The highest BCUT2D eigenvalue weighted by Crippen LogP contribution is 2.36. The zero-order valence-corrected chi connectivity index (χ0v) is 10.8. The van der Waals surface area contributed by atoms with Crippen LogP contribution in [-0.2, 0) is 9.53 Å². The maximum Gasteiger partial charge on any atom is 0.237 e. The number of nitrogens with one attached hydrogen (secondary N) is 2. The molecule has 2 N–H and O–H groups in total. The summed E-state index contributed by atoms with van der Waals surface area (Å²) in [6, 6.07) is 6.01. The molecule has 0 radical (unpaired) electrons. The monoisotopic (exact) mass is 252 g/mol. The molecule has 0 aliphatic carbocycles. The van der Waals surface area contributed by atoms with Gasteiger partial charge in [0.05, 0.1) is 17.5 Å². The largest absolute Gasteiger partial charge is 0.383 e. The number of anilines is 2. The third kappa shape index (κ3) is 2.92. The Balaban J connectivity index is 2.09. The number of ether oxygens (including phenoxy) is 1. The molecule has 1 aromatic carbocycles. The normalized spacial score (nSPS) is 18.5. The quantitative estimate of drug-likeness (QED) is 0.806. The maximum atomic E-state index is 11.6. The molecule has 1 aliphatic rings. The van der Waals surface area contributed by atoms with Gasteiger partial charge >= 0.3 is 0 Å². The number of thioether (sulfide) groups is 1. The molecule has 0 aromatic heterocycles. The molecule has 4 nitrogen and oxygen atoms in total. The Morgan fingerprint density at radius 2 is 2.35 bits per heavy atom. The molecule has 5 heteroatoms. The summed E-state index contributed by atoms with van der Waals surface area (Å²) in [6.45, 7) is 3.33. The number of fused-ring (bicyclic) bond motifs is 1. The fourth-order valence-electron chi connectivity index (χ4n) is 1.62. The summed E-state index contributed by atoms with van der Waals surface area (Å²) in [4.78, 5) is 12.7. The van der Waals surface area contributed by atoms with Crippen molar-refractivity contribution in [3.05, 3.63) is 18.2 Å². The highest BCUT2D eigenvalue weighted by atomic mass is 32.2. The van der Waals surface area contributed by atoms with Gasteiger partial charge < -0.3 is 15.4 Å². The Morgan fingerprint density at radius 1 is 1.53 bits per heavy atom. The van der Waals surface area contributed by atoms with Crippen LogP contribution in [-0.4, -0.2) is 31.4 Å². The summed E-state index contributed by atoms with van der Waals surface area (Å²) in [5.74, 6) is 0.0662. The summed E-state index contributed by atoms with van der Waals surface area (Å²) in [7, 11) is 1.67. The van der Waals surface area contributed by atoms with Crippen LogP contribution in [0.5, 0.6) is 0 Å². The summed E-state index contributed by atoms with van der Waals surface area (Å²) < 4.78 is 4.97. The number of carbonyl (C=O) groups is 1. The van der Waals surface area contributed by atoms with Gasteiger partial charge in [0, 0.05) is 24.2 Å². The summed E-state index contributed by atoms with van der Waals surface area (Å²) in [6.07, 6.45) is 0. The smallest absolute Gasteiger partial charge is 0.237 e. The fourth-order valence-corrected chi connectivity index (χ4v) is 2.55. The predicted octanol–water partition coefficient (Wildman–Crippen LogP) is 2.18. The van der Waals surface area contributed by atoms with E-state index in [0.717, 1.165) is 22.8 Å². The maximum absolute atomic E-state index is 11.6. The molecular weight excluding hydrogens is 236 g/mol. The van der Waals surface area contributed by atoms with Crippen molar-refractivity contribution in [1.82, 2.24) is 0 Å². The minimum absolute atomic E-state index is 0.0187. The zero-order chi connectivity index (χ0) is 12.3. The van der Waals surface area contributed by atoms with E-state index < -0.39 is 0 Å². The van der Waals surface area contributed by atoms with Crippen molar-refractivity contribution < 1.29 is 9.53 Å². The lowest BCUT2D eigenvalue weighted by Gasteiger charge is -2.22. The Kier molecular flexibility index (Phi) is 3.91. The highest BCUT2D eigenvalue weighted by molar-refractivity contribution is 8.00. The number of methoxy groups -OCH3 is 1. The Labute approximate surface area is 105 Å². The van der Waals surface area contributed by atoms with Gasteiger partial charge in [-0.25, -0.2) is 0 Å². The minimum Gasteiger partial charge on any atom is -0.383 e. The first-order valence-corrected chi connectivity index (χ1v) is 6.43. The molecule has 0 bridgehead atoms. The molecule has 1 aromatic rings. The van der Waals surface area contributed by atoms with E-state index in [1.807, 2.05) is 25.1 Å². The molecule has 0 saturated heterocycles. The first-order valence-electron chi connectivity index (χ1n) is 5.55. The van der Waals surface area contributed by atoms with E-state index in [0.29, 0.717) is 6.61 Å². The van der Waals surface area contributed by atoms with Crippen LogP contribution in [0.15, 0.2) is 23.1 Å². The standard InChI is InChI=1S/C12H16N2O2S/c1-8-12(15)14-10-7-9(13-5-6-16-2)3-4-11(10)17-8/h3-4,7-8,13H,5-6H2,1-2H3,(H,14,15). The van der Waals surface area contributed by atoms with Gasteiger partial charge in [-0.15, -0.1) is 11.8 Å². The summed E-state index contributed by atoms with van der Waals surface area (Å²) in [5, 5.41) is 6.13. The lowest BCUT2D eigenvalue weighted by Crippen LogP contribution is -2.26. The van der Waals surface area contributed by atoms with Crippen LogP contribution in [0.2, 0.25) is 0 Å². The van der Waals surface area contributed by atoms with E-state index in [4.69, 9.17) is 4.74 Å². The van der Waals surface area contributed by atoms with Gasteiger partial charge in [0.25, 0.3) is 0 Å². The van der Waals surface area contributed by atoms with Gasteiger partial charge in [-0.3, -0.25) is 4.79 Å². The van der Waals surface area contributed by atoms with Gasteiger partial charge in [-0.05, 0) is 25.1 Å². The second-order valence-electron chi connectivity index (χ2n) is 3.88. The van der Waals surface area contributed by atoms with Crippen LogP contribution >= 0.6 is 11.8 Å². The first kappa shape index (κ1) is 12.3. The lowest BCUT2D eigenvalue weighted by molar-refractivity contribution is -0.115. The predicted molar refractivity (Wildman–Crippen MR) is 70.8 cm³/mol. The Hall–Kier alpha value is -1.20. The molecule has 1 amide bonds. The average Bonchev–Trinajstić information content (AvgIpc) is 2.31. The molecular formula is C12H16N2O2S. The van der Waals surface area contributed by atoms with Crippen LogP contribution in [0.1, 0.15) is 6.92 Å². The van der Waals surface area contributed by atoms with Crippen LogP contribution in [0, 0.1) is 0 Å². The van der Waals surface area contributed by atoms with Crippen molar-refractivity contribution in [3.63, 3.8) is 0 Å². The van der Waals surface area contributed by atoms with Crippen molar-refractivity contribution in [3.8, 4) is 0 Å². The van der Waals surface area contributed by atoms with Crippen molar-refractivity contribution in [1.29, 1.82) is 0 Å². The van der Waals surface area contributed by atoms with Gasteiger partial charge in [0.2, 0.25) is 5.91 Å². The van der Waals surface area contributed by atoms with E-state index in [9.17, 15) is 4.79 Å². The summed E-state index contributed by atoms with van der Waals surface area (Å²) >= 11 is 1.59. The molecule has 0 fully saturated rings. The number of hydrogen-bond acceptors (Lipinski definition) is 4. The van der Waals surface area contributed by atoms with Crippen molar-refractivity contribution >= 4 is 29.0 Å². The molecule has 1 heterocycles. The topological polar surface area (TPSA) is 50.4 Å². The molecule has 0 spiro atoms. The van der Waals surface area contributed by atoms with Crippen molar-refractivity contribution in [2.45, 2.75) is 17.1 Å². The molecule has 2 rings (SSSR count). The van der Waals surface area contributed by atoms with Crippen LogP contribution in [0.3, 0.4) is 0 Å². The Bertz CT molecular complexity index is 423. The zero-order valence-electron chi connectivity index (χ0n) is 9.95. The number of carbonyl (C=O) groups excluding carboxylic acids is 1. The number of rotatable bonds is 4. The van der Waals surface area contributed by atoms with Gasteiger partial charge in [-0.2, -0.15) is 0 Å². The molecule has 17 heavy (non-hydrogen) atoms. The molecule has 1 aliphatic heterocycles. The van der Waals surface area contributed by atoms with Crippen molar-refractivity contribution in [2.24, 2.45) is 0 Å². The molecule has 92 valence electrons. The first-order chi connectivity index (χ1) is 8.20. The number of amides is 1. The Morgan fingerprint density at radius 3 is 3.12 bits per heavy atom. The second kappa shape index (κ2) is 5.42. The lowest BCUT2D eigenvalue weighted by atomic mass is 10.2. The van der Waals surface area contributed by atoms with Crippen LogP contribution in [0.4, 0.5) is 11.4 Å². The van der Waals surface area contributed by atoms with E-state index in [-0.39, 0.29) is 11.2 Å². The number of benzene rings is 1.